The maximum Gasteiger partial charge on any atom is 0.291 e. The SMILES string of the molecule is CSC.O=[N+]([O-])O.[B]. The van der Waals surface area contributed by atoms with E-state index in [1.54, 1.807) is 11.8 Å². The van der Waals surface area contributed by atoms with E-state index in [0.717, 1.165) is 0 Å². The Morgan fingerprint density at radius 1 is 1.62 bits per heavy atom. The first kappa shape index (κ1) is 15.6. The van der Waals surface area contributed by atoms with Crippen LogP contribution in [0.15, 0.2) is 0 Å². The molecule has 0 aliphatic carbocycles. The lowest BCUT2D eigenvalue weighted by Gasteiger charge is -1.56. The van der Waals surface area contributed by atoms with Gasteiger partial charge < -0.3 is 5.21 Å². The van der Waals surface area contributed by atoms with Crippen LogP contribution in [0.4, 0.5) is 0 Å². The summed E-state index contributed by atoms with van der Waals surface area (Å²) in [6, 6.07) is 0. The molecule has 0 aromatic heterocycles. The molecule has 0 aromatic rings. The molecule has 0 fully saturated rings. The first-order chi connectivity index (χ1) is 3.15. The van der Waals surface area contributed by atoms with Crippen molar-refractivity contribution in [1.29, 1.82) is 0 Å². The topological polar surface area (TPSA) is 63.4 Å². The summed E-state index contributed by atoms with van der Waals surface area (Å²) in [5.41, 5.74) is 0. The van der Waals surface area contributed by atoms with Crippen LogP contribution >= 0.6 is 11.8 Å². The second kappa shape index (κ2) is 16.0. The van der Waals surface area contributed by atoms with Gasteiger partial charge in [0, 0.05) is 8.41 Å². The summed E-state index contributed by atoms with van der Waals surface area (Å²) in [5, 5.41) is 13.6. The molecule has 0 atom stereocenters. The molecule has 0 bridgehead atoms. The molecule has 3 radical (unpaired) electrons. The summed E-state index contributed by atoms with van der Waals surface area (Å²) in [5.74, 6) is 0. The van der Waals surface area contributed by atoms with Gasteiger partial charge in [0.15, 0.2) is 0 Å². The fourth-order valence-electron chi connectivity index (χ4n) is 0. The number of rotatable bonds is 0. The molecule has 0 heterocycles. The maximum atomic E-state index is 8.36. The Labute approximate surface area is 54.0 Å². The highest BCUT2D eigenvalue weighted by atomic mass is 32.2. The van der Waals surface area contributed by atoms with Gasteiger partial charge in [-0.1, -0.05) is 0 Å². The largest absolute Gasteiger partial charge is 0.328 e. The van der Waals surface area contributed by atoms with Crippen LogP contribution < -0.4 is 0 Å². The molecule has 0 rings (SSSR count). The lowest BCUT2D eigenvalue weighted by Crippen LogP contribution is -1.81. The second-order valence-corrected chi connectivity index (χ2v) is 1.46. The van der Waals surface area contributed by atoms with Crippen molar-refractivity contribution in [2.24, 2.45) is 0 Å². The predicted octanol–water partition coefficient (Wildman–Crippen LogP) is 0.251. The van der Waals surface area contributed by atoms with Crippen LogP contribution in [-0.2, 0) is 0 Å². The normalized spacial score (nSPS) is 5.25. The van der Waals surface area contributed by atoms with Crippen molar-refractivity contribution in [2.75, 3.05) is 12.5 Å². The fraction of sp³-hybridized carbons (Fsp3) is 1.00. The van der Waals surface area contributed by atoms with Crippen molar-refractivity contribution in [3.63, 3.8) is 0 Å². The third kappa shape index (κ3) is 807. The Morgan fingerprint density at radius 3 is 1.62 bits per heavy atom. The van der Waals surface area contributed by atoms with Crippen LogP contribution in [0.5, 0.6) is 0 Å². The zero-order chi connectivity index (χ0) is 6.28. The number of nitrogens with zero attached hydrogens (tertiary/aromatic N) is 1. The molecule has 0 unspecified atom stereocenters. The highest BCUT2D eigenvalue weighted by molar-refractivity contribution is 7.97. The molecule has 0 aromatic carbocycles. The highest BCUT2D eigenvalue weighted by Gasteiger charge is 1.65. The second-order valence-electron chi connectivity index (χ2n) is 0.646. The van der Waals surface area contributed by atoms with Gasteiger partial charge in [-0.2, -0.15) is 11.8 Å². The van der Waals surface area contributed by atoms with Crippen LogP contribution in [0.1, 0.15) is 0 Å². The lowest BCUT2D eigenvalue weighted by molar-refractivity contribution is -0.742. The van der Waals surface area contributed by atoms with Crippen molar-refractivity contribution in [3.8, 4) is 0 Å². The van der Waals surface area contributed by atoms with Crippen molar-refractivity contribution >= 4 is 20.2 Å². The van der Waals surface area contributed by atoms with Crippen LogP contribution in [0, 0.1) is 10.1 Å². The van der Waals surface area contributed by atoms with Gasteiger partial charge >= 0.3 is 0 Å². The van der Waals surface area contributed by atoms with Gasteiger partial charge in [0.2, 0.25) is 0 Å². The van der Waals surface area contributed by atoms with Crippen molar-refractivity contribution < 1.29 is 10.3 Å². The minimum absolute atomic E-state index is 0. The van der Waals surface area contributed by atoms with E-state index in [4.69, 9.17) is 15.3 Å². The molecule has 4 nitrogen and oxygen atoms in total. The minimum Gasteiger partial charge on any atom is -0.328 e. The number of hydrogen-bond acceptors (Lipinski definition) is 3. The van der Waals surface area contributed by atoms with E-state index in [-0.39, 0.29) is 8.41 Å². The summed E-state index contributed by atoms with van der Waals surface area (Å²) in [4.78, 5) is 8.36. The van der Waals surface area contributed by atoms with Crippen molar-refractivity contribution in [1.82, 2.24) is 0 Å². The van der Waals surface area contributed by atoms with Gasteiger partial charge in [-0.25, -0.2) is 0 Å². The van der Waals surface area contributed by atoms with Gasteiger partial charge in [0.05, 0.1) is 0 Å². The number of thioether (sulfide) groups is 1. The summed E-state index contributed by atoms with van der Waals surface area (Å²) in [6.07, 6.45) is 4.08. The Morgan fingerprint density at radius 2 is 1.62 bits per heavy atom. The summed E-state index contributed by atoms with van der Waals surface area (Å²) in [7, 11) is 0. The molecule has 47 valence electrons. The fourth-order valence-corrected chi connectivity index (χ4v) is 0. The molecule has 0 amide bonds. The highest BCUT2D eigenvalue weighted by Crippen LogP contribution is 1.70. The van der Waals surface area contributed by atoms with E-state index in [1.165, 1.54) is 0 Å². The summed E-state index contributed by atoms with van der Waals surface area (Å²) >= 11 is 1.75. The third-order valence-corrected chi connectivity index (χ3v) is 0. The molecular formula is C2H7BNO3S. The third-order valence-electron chi connectivity index (χ3n) is 0. The Hall–Kier alpha value is -0.385. The van der Waals surface area contributed by atoms with Gasteiger partial charge in [0.25, 0.3) is 5.09 Å². The van der Waals surface area contributed by atoms with Crippen molar-refractivity contribution in [2.45, 2.75) is 0 Å². The Bertz CT molecular complexity index is 48.5. The average Bonchev–Trinajstić information content (AvgIpc) is 1.33. The quantitative estimate of drug-likeness (QED) is 0.294. The molecule has 0 saturated heterocycles. The zero-order valence-corrected chi connectivity index (χ0v) is 5.51. The number of hydrogen-bond donors (Lipinski definition) is 1. The van der Waals surface area contributed by atoms with Gasteiger partial charge in [-0.3, -0.25) is 0 Å². The van der Waals surface area contributed by atoms with E-state index < -0.39 is 5.09 Å². The molecule has 0 aliphatic heterocycles. The van der Waals surface area contributed by atoms with Crippen molar-refractivity contribution in [3.05, 3.63) is 10.1 Å². The predicted molar refractivity (Wildman–Crippen MR) is 34.0 cm³/mol. The molecule has 0 spiro atoms. The molecule has 0 saturated carbocycles. The van der Waals surface area contributed by atoms with E-state index >= 15 is 0 Å². The molecule has 8 heavy (non-hydrogen) atoms. The Kier molecular flexibility index (Phi) is 31.2. The van der Waals surface area contributed by atoms with Crippen LogP contribution in [0.3, 0.4) is 0 Å². The van der Waals surface area contributed by atoms with Gasteiger partial charge in [0.1, 0.15) is 0 Å². The minimum atomic E-state index is -1.50. The van der Waals surface area contributed by atoms with Gasteiger partial charge in [-0.05, 0) is 12.5 Å². The zero-order valence-electron chi connectivity index (χ0n) is 4.70. The van der Waals surface area contributed by atoms with E-state index in [0.29, 0.717) is 0 Å². The smallest absolute Gasteiger partial charge is 0.291 e. The molecule has 6 heteroatoms. The van der Waals surface area contributed by atoms with Crippen LogP contribution in [0.2, 0.25) is 0 Å². The van der Waals surface area contributed by atoms with Crippen LogP contribution in [0.25, 0.3) is 0 Å². The standard InChI is InChI=1S/C2H6S.B.HNO3/c1-3-2;;2-1(3)4/h1-2H3;;(H,2,3,4). The van der Waals surface area contributed by atoms with E-state index in [2.05, 4.69) is 0 Å². The first-order valence-corrected chi connectivity index (χ1v) is 3.01. The molecule has 0 aliphatic rings. The monoisotopic (exact) mass is 136 g/mol. The average molecular weight is 136 g/mol. The summed E-state index contributed by atoms with van der Waals surface area (Å²) in [6.45, 7) is 0. The molecule has 1 N–H and O–H groups in total. The maximum absolute atomic E-state index is 8.36. The van der Waals surface area contributed by atoms with Gasteiger partial charge in [-0.15, -0.1) is 10.1 Å². The molecular weight excluding hydrogens is 129 g/mol. The lowest BCUT2D eigenvalue weighted by atomic mass is 10.8. The van der Waals surface area contributed by atoms with Crippen LogP contribution in [-0.4, -0.2) is 31.2 Å². The van der Waals surface area contributed by atoms with E-state index in [1.807, 2.05) is 12.5 Å². The Balaban J connectivity index is -0.0000000575. The first-order valence-electron chi connectivity index (χ1n) is 1.38. The van der Waals surface area contributed by atoms with E-state index in [9.17, 15) is 0 Å². The summed E-state index contributed by atoms with van der Waals surface area (Å²) < 4.78 is 0.